The number of H-pyrrole nitrogens is 1. The lowest BCUT2D eigenvalue weighted by Gasteiger charge is -2.35. The van der Waals surface area contributed by atoms with Gasteiger partial charge in [-0.15, -0.1) is 0 Å². The van der Waals surface area contributed by atoms with E-state index in [9.17, 15) is 26.3 Å². The molecule has 2 N–H and O–H groups in total. The first-order valence-electron chi connectivity index (χ1n) is 11.2. The molecule has 0 amide bonds. The number of alkyl halides is 3. The van der Waals surface area contributed by atoms with Gasteiger partial charge in [-0.2, -0.15) is 13.2 Å². The summed E-state index contributed by atoms with van der Waals surface area (Å²) in [6.45, 7) is 0. The van der Waals surface area contributed by atoms with Crippen molar-refractivity contribution in [3.63, 3.8) is 0 Å². The molecule has 0 saturated heterocycles. The molecule has 0 saturated carbocycles. The largest absolute Gasteiger partial charge is 0.416 e. The van der Waals surface area contributed by atoms with Crippen LogP contribution in [0.3, 0.4) is 0 Å². The smallest absolute Gasteiger partial charge is 0.340 e. The van der Waals surface area contributed by atoms with E-state index in [0.29, 0.717) is 11.6 Å². The standard InChI is InChI=1S/C27H17ClF6N4/c28-18-6-7-24(35-14-18)26(13-15-4-2-1-3-5-15,16-8-17(27(32,33)34)10-19(29)9-16)38-25-36-22-11-20(30)21(31)12-23(22)37-25/h1-12,14H,13H2,(H2,36,37,38). The SMILES string of the molecule is Fc1cc(C(F)(F)F)cc(C(Cc2ccccc2)(Nc2nc3cc(F)c(F)cc3[nH]2)c2ccc(Cl)cn2)c1. The average molecular weight is 547 g/mol. The molecule has 5 rings (SSSR count). The van der Waals surface area contributed by atoms with Gasteiger partial charge in [0.15, 0.2) is 11.6 Å². The van der Waals surface area contributed by atoms with E-state index < -0.39 is 34.7 Å². The summed E-state index contributed by atoms with van der Waals surface area (Å²) in [6.07, 6.45) is -3.54. The summed E-state index contributed by atoms with van der Waals surface area (Å²) in [6, 6.07) is 15.8. The molecule has 0 aliphatic carbocycles. The minimum absolute atomic E-state index is 0.0109. The third-order valence-electron chi connectivity index (χ3n) is 6.05. The van der Waals surface area contributed by atoms with E-state index in [-0.39, 0.29) is 39.7 Å². The van der Waals surface area contributed by atoms with Crippen LogP contribution >= 0.6 is 11.6 Å². The summed E-state index contributed by atoms with van der Waals surface area (Å²) in [5.74, 6) is -3.37. The second-order valence-electron chi connectivity index (χ2n) is 8.65. The number of anilines is 1. The number of imidazole rings is 1. The molecule has 0 fully saturated rings. The molecule has 2 aromatic heterocycles. The van der Waals surface area contributed by atoms with Crippen LogP contribution in [0.2, 0.25) is 5.02 Å². The van der Waals surface area contributed by atoms with Crippen molar-refractivity contribution < 1.29 is 26.3 Å². The zero-order chi connectivity index (χ0) is 27.1. The highest BCUT2D eigenvalue weighted by Gasteiger charge is 2.40. The van der Waals surface area contributed by atoms with Crippen molar-refractivity contribution in [2.45, 2.75) is 18.1 Å². The molecule has 194 valence electrons. The number of nitrogens with one attached hydrogen (secondary N) is 2. The van der Waals surface area contributed by atoms with Crippen molar-refractivity contribution in [1.29, 1.82) is 0 Å². The highest BCUT2D eigenvalue weighted by molar-refractivity contribution is 6.30. The van der Waals surface area contributed by atoms with Crippen molar-refractivity contribution in [3.8, 4) is 0 Å². The first-order chi connectivity index (χ1) is 18.0. The Labute approximate surface area is 217 Å². The number of benzene rings is 3. The number of rotatable bonds is 6. The Hall–Kier alpha value is -4.05. The van der Waals surface area contributed by atoms with E-state index in [2.05, 4.69) is 20.3 Å². The van der Waals surface area contributed by atoms with Crippen LogP contribution in [0, 0.1) is 17.5 Å². The van der Waals surface area contributed by atoms with Crippen LogP contribution in [0.25, 0.3) is 11.0 Å². The fourth-order valence-corrected chi connectivity index (χ4v) is 4.43. The van der Waals surface area contributed by atoms with Crippen LogP contribution in [0.15, 0.2) is 79.0 Å². The summed E-state index contributed by atoms with van der Waals surface area (Å²) in [5, 5.41) is 3.35. The van der Waals surface area contributed by atoms with Gasteiger partial charge >= 0.3 is 6.18 Å². The summed E-state index contributed by atoms with van der Waals surface area (Å²) in [5.41, 5.74) is -1.88. The third-order valence-corrected chi connectivity index (χ3v) is 6.27. The van der Waals surface area contributed by atoms with Gasteiger partial charge in [0.25, 0.3) is 0 Å². The molecule has 0 aliphatic heterocycles. The molecule has 1 atom stereocenters. The van der Waals surface area contributed by atoms with Crippen molar-refractivity contribution in [1.82, 2.24) is 15.0 Å². The summed E-state index contributed by atoms with van der Waals surface area (Å²) < 4.78 is 83.6. The quantitative estimate of drug-likeness (QED) is 0.215. The number of hydrogen-bond donors (Lipinski definition) is 2. The molecule has 38 heavy (non-hydrogen) atoms. The molecule has 0 aliphatic rings. The number of fused-ring (bicyclic) bond motifs is 1. The molecule has 4 nitrogen and oxygen atoms in total. The van der Waals surface area contributed by atoms with E-state index in [1.165, 1.54) is 18.3 Å². The number of aromatic amines is 1. The van der Waals surface area contributed by atoms with Gasteiger partial charge in [0.2, 0.25) is 5.95 Å². The number of hydrogen-bond acceptors (Lipinski definition) is 3. The lowest BCUT2D eigenvalue weighted by Crippen LogP contribution is -2.40. The fourth-order valence-electron chi connectivity index (χ4n) is 4.32. The Morgan fingerprint density at radius 2 is 1.55 bits per heavy atom. The van der Waals surface area contributed by atoms with Crippen LogP contribution in [0.4, 0.5) is 32.3 Å². The van der Waals surface area contributed by atoms with E-state index in [1.54, 1.807) is 30.3 Å². The Morgan fingerprint density at radius 1 is 0.842 bits per heavy atom. The van der Waals surface area contributed by atoms with Crippen molar-refractivity contribution >= 4 is 28.6 Å². The summed E-state index contributed by atoms with van der Waals surface area (Å²) >= 11 is 6.04. The van der Waals surface area contributed by atoms with Crippen molar-refractivity contribution in [3.05, 3.63) is 124 Å². The van der Waals surface area contributed by atoms with Crippen molar-refractivity contribution in [2.24, 2.45) is 0 Å². The molecule has 2 heterocycles. The fraction of sp³-hybridized carbons (Fsp3) is 0.111. The van der Waals surface area contributed by atoms with Crippen LogP contribution in [0.1, 0.15) is 22.4 Å². The van der Waals surface area contributed by atoms with Gasteiger partial charge in [-0.3, -0.25) is 4.98 Å². The first kappa shape index (κ1) is 25.6. The normalized spacial score (nSPS) is 13.4. The Bertz CT molecular complexity index is 1560. The van der Waals surface area contributed by atoms with Gasteiger partial charge in [-0.25, -0.2) is 18.2 Å². The highest BCUT2D eigenvalue weighted by atomic mass is 35.5. The van der Waals surface area contributed by atoms with Crippen molar-refractivity contribution in [2.75, 3.05) is 5.32 Å². The molecular formula is C27H17ClF6N4. The minimum atomic E-state index is -4.84. The molecule has 11 heteroatoms. The predicted octanol–water partition coefficient (Wildman–Crippen LogP) is 7.65. The zero-order valence-electron chi connectivity index (χ0n) is 19.3. The predicted molar refractivity (Wildman–Crippen MR) is 131 cm³/mol. The van der Waals surface area contributed by atoms with Gasteiger partial charge < -0.3 is 10.3 Å². The summed E-state index contributed by atoms with van der Waals surface area (Å²) in [7, 11) is 0. The highest BCUT2D eigenvalue weighted by Crippen LogP contribution is 2.40. The molecule has 0 spiro atoms. The molecule has 0 bridgehead atoms. The lowest BCUT2D eigenvalue weighted by atomic mass is 9.80. The third kappa shape index (κ3) is 5.04. The van der Waals surface area contributed by atoms with Gasteiger partial charge in [0.1, 0.15) is 11.4 Å². The topological polar surface area (TPSA) is 53.6 Å². The Balaban J connectivity index is 1.78. The molecule has 5 aromatic rings. The number of halogens is 7. The van der Waals surface area contributed by atoms with E-state index in [0.717, 1.165) is 24.3 Å². The van der Waals surface area contributed by atoms with Gasteiger partial charge in [0.05, 0.1) is 27.3 Å². The monoisotopic (exact) mass is 546 g/mol. The van der Waals surface area contributed by atoms with Crippen LogP contribution in [-0.4, -0.2) is 15.0 Å². The maximum Gasteiger partial charge on any atom is 0.416 e. The van der Waals surface area contributed by atoms with Gasteiger partial charge in [-0.1, -0.05) is 41.9 Å². The van der Waals surface area contributed by atoms with Gasteiger partial charge in [0, 0.05) is 24.8 Å². The molecular weight excluding hydrogens is 530 g/mol. The van der Waals surface area contributed by atoms with E-state index >= 15 is 0 Å². The first-order valence-corrected chi connectivity index (χ1v) is 11.6. The Morgan fingerprint density at radius 3 is 2.24 bits per heavy atom. The maximum absolute atomic E-state index is 14.7. The van der Waals surface area contributed by atoms with Crippen LogP contribution in [0.5, 0.6) is 0 Å². The maximum atomic E-state index is 14.7. The number of nitrogens with zero attached hydrogens (tertiary/aromatic N) is 2. The van der Waals surface area contributed by atoms with Crippen LogP contribution in [-0.2, 0) is 18.1 Å². The van der Waals surface area contributed by atoms with Crippen LogP contribution < -0.4 is 5.32 Å². The van der Waals surface area contributed by atoms with E-state index in [4.69, 9.17) is 11.6 Å². The molecule has 1 unspecified atom stereocenters. The lowest BCUT2D eigenvalue weighted by molar-refractivity contribution is -0.137. The summed E-state index contributed by atoms with van der Waals surface area (Å²) in [4.78, 5) is 11.4. The van der Waals surface area contributed by atoms with E-state index in [1.807, 2.05) is 0 Å². The Kier molecular flexibility index (Phi) is 6.52. The average Bonchev–Trinajstić information content (AvgIpc) is 3.24. The number of aromatic nitrogens is 3. The second kappa shape index (κ2) is 9.68. The molecule has 3 aromatic carbocycles. The zero-order valence-corrected chi connectivity index (χ0v) is 20.0. The minimum Gasteiger partial charge on any atom is -0.340 e. The second-order valence-corrected chi connectivity index (χ2v) is 9.09. The van der Waals surface area contributed by atoms with Gasteiger partial charge in [-0.05, 0) is 41.5 Å². The number of pyridine rings is 1. The molecule has 0 radical (unpaired) electrons.